The largest absolute Gasteiger partial charge is 0.405 e. The number of anilines is 2. The van der Waals surface area contributed by atoms with Gasteiger partial charge in [0.05, 0.1) is 5.92 Å². The third-order valence-electron chi connectivity index (χ3n) is 4.49. The molecule has 2 heterocycles. The predicted molar refractivity (Wildman–Crippen MR) is 100 cm³/mol. The summed E-state index contributed by atoms with van der Waals surface area (Å²) < 4.78 is 36.9. The van der Waals surface area contributed by atoms with E-state index in [0.29, 0.717) is 30.9 Å². The first-order valence-corrected chi connectivity index (χ1v) is 9.11. The summed E-state index contributed by atoms with van der Waals surface area (Å²) >= 11 is 0. The fourth-order valence-electron chi connectivity index (χ4n) is 3.06. The molecule has 2 aromatic rings. The van der Waals surface area contributed by atoms with Gasteiger partial charge in [0.1, 0.15) is 6.54 Å². The van der Waals surface area contributed by atoms with Gasteiger partial charge in [0.15, 0.2) is 11.5 Å². The van der Waals surface area contributed by atoms with E-state index in [2.05, 4.69) is 15.5 Å². The number of amides is 2. The van der Waals surface area contributed by atoms with Crippen LogP contribution in [-0.4, -0.2) is 47.8 Å². The quantitative estimate of drug-likeness (QED) is 0.796. The first-order chi connectivity index (χ1) is 13.8. The normalized spacial score (nSPS) is 16.9. The Balaban J connectivity index is 1.59. The van der Waals surface area contributed by atoms with Crippen LogP contribution >= 0.6 is 0 Å². The highest BCUT2D eigenvalue weighted by molar-refractivity contribution is 6.02. The van der Waals surface area contributed by atoms with E-state index < -0.39 is 30.5 Å². The van der Waals surface area contributed by atoms with Crippen molar-refractivity contribution in [3.8, 4) is 0 Å². The van der Waals surface area contributed by atoms with Crippen molar-refractivity contribution in [1.29, 1.82) is 0 Å². The monoisotopic (exact) mass is 407 g/mol. The molecule has 0 saturated carbocycles. The molecule has 3 rings (SSSR count). The number of para-hydroxylation sites is 1. The Morgan fingerprint density at radius 2 is 1.86 bits per heavy atom. The molecule has 10 heteroatoms. The lowest BCUT2D eigenvalue weighted by atomic mass is 9.97. The molecule has 2 N–H and O–H groups in total. The van der Waals surface area contributed by atoms with E-state index in [1.165, 1.54) is 6.07 Å². The average Bonchev–Trinajstić information content (AvgIpc) is 2.72. The lowest BCUT2D eigenvalue weighted by Gasteiger charge is -2.32. The Kier molecular flexibility index (Phi) is 6.30. The number of hydrogen-bond acceptors (Lipinski definition) is 5. The van der Waals surface area contributed by atoms with Gasteiger partial charge in [-0.2, -0.15) is 13.2 Å². The van der Waals surface area contributed by atoms with Crippen LogP contribution in [0.1, 0.15) is 23.3 Å². The molecule has 1 atom stereocenters. The fraction of sp³-hybridized carbons (Fsp3) is 0.368. The van der Waals surface area contributed by atoms with Crippen LogP contribution in [0.2, 0.25) is 0 Å². The number of aromatic nitrogens is 2. The van der Waals surface area contributed by atoms with Crippen LogP contribution in [0.4, 0.5) is 24.7 Å². The zero-order chi connectivity index (χ0) is 20.9. The smallest absolute Gasteiger partial charge is 0.354 e. The molecule has 1 unspecified atom stereocenters. The fourth-order valence-corrected chi connectivity index (χ4v) is 3.06. The molecule has 1 aliphatic rings. The molecule has 1 aliphatic heterocycles. The van der Waals surface area contributed by atoms with Gasteiger partial charge in [0.2, 0.25) is 5.91 Å². The van der Waals surface area contributed by atoms with E-state index in [9.17, 15) is 22.8 Å². The van der Waals surface area contributed by atoms with Gasteiger partial charge >= 0.3 is 6.18 Å². The number of carbonyl (C=O) groups is 2. The topological polar surface area (TPSA) is 87.2 Å². The number of benzene rings is 1. The Bertz CT molecular complexity index is 843. The molecule has 1 saturated heterocycles. The van der Waals surface area contributed by atoms with Gasteiger partial charge in [-0.25, -0.2) is 0 Å². The van der Waals surface area contributed by atoms with E-state index in [1.54, 1.807) is 35.2 Å². The summed E-state index contributed by atoms with van der Waals surface area (Å²) in [6, 6.07) is 12.1. The minimum atomic E-state index is -4.44. The van der Waals surface area contributed by atoms with Gasteiger partial charge in [-0.1, -0.05) is 18.2 Å². The van der Waals surface area contributed by atoms with Crippen molar-refractivity contribution in [3.05, 3.63) is 48.2 Å². The molecule has 0 aliphatic carbocycles. The average molecular weight is 407 g/mol. The maximum absolute atomic E-state index is 12.3. The summed E-state index contributed by atoms with van der Waals surface area (Å²) in [5.41, 5.74) is 0.765. The summed E-state index contributed by atoms with van der Waals surface area (Å²) in [4.78, 5) is 26.0. The van der Waals surface area contributed by atoms with Crippen LogP contribution in [0.3, 0.4) is 0 Å². The number of carbonyl (C=O) groups excluding carboxylic acids is 2. The highest BCUT2D eigenvalue weighted by atomic mass is 19.4. The Hall–Kier alpha value is -3.17. The molecule has 7 nitrogen and oxygen atoms in total. The van der Waals surface area contributed by atoms with Crippen molar-refractivity contribution in [2.24, 2.45) is 5.92 Å². The Morgan fingerprint density at radius 1 is 1.10 bits per heavy atom. The summed E-state index contributed by atoms with van der Waals surface area (Å²) in [5, 5.41) is 12.6. The zero-order valence-electron chi connectivity index (χ0n) is 15.4. The molecular formula is C19H20F3N5O2. The number of piperidine rings is 1. The van der Waals surface area contributed by atoms with Gasteiger partial charge < -0.3 is 15.5 Å². The van der Waals surface area contributed by atoms with Crippen molar-refractivity contribution in [2.75, 3.05) is 29.9 Å². The van der Waals surface area contributed by atoms with Gasteiger partial charge in [0, 0.05) is 18.8 Å². The maximum Gasteiger partial charge on any atom is 0.405 e. The molecule has 1 aromatic heterocycles. The summed E-state index contributed by atoms with van der Waals surface area (Å²) in [6.07, 6.45) is -3.29. The SMILES string of the molecule is O=C(Nc1ccccc1)c1ccc(N2CCCC(C(=O)NCC(F)(F)F)C2)nn1. The molecule has 154 valence electrons. The molecule has 0 spiro atoms. The molecule has 0 radical (unpaired) electrons. The minimum absolute atomic E-state index is 0.133. The molecule has 29 heavy (non-hydrogen) atoms. The molecule has 1 aromatic carbocycles. The Labute approximate surface area is 165 Å². The third kappa shape index (κ3) is 5.90. The van der Waals surface area contributed by atoms with Gasteiger partial charge in [-0.15, -0.1) is 10.2 Å². The predicted octanol–water partition coefficient (Wildman–Crippen LogP) is 2.62. The van der Waals surface area contributed by atoms with Crippen LogP contribution in [0.5, 0.6) is 0 Å². The second-order valence-corrected chi connectivity index (χ2v) is 6.72. The van der Waals surface area contributed by atoms with E-state index in [4.69, 9.17) is 0 Å². The number of nitrogens with one attached hydrogen (secondary N) is 2. The first-order valence-electron chi connectivity index (χ1n) is 9.11. The van der Waals surface area contributed by atoms with Crippen LogP contribution in [0.15, 0.2) is 42.5 Å². The number of hydrogen-bond donors (Lipinski definition) is 2. The maximum atomic E-state index is 12.3. The minimum Gasteiger partial charge on any atom is -0.354 e. The summed E-state index contributed by atoms with van der Waals surface area (Å²) in [7, 11) is 0. The molecule has 1 fully saturated rings. The van der Waals surface area contributed by atoms with Crippen LogP contribution in [0.25, 0.3) is 0 Å². The van der Waals surface area contributed by atoms with Crippen LogP contribution < -0.4 is 15.5 Å². The summed E-state index contributed by atoms with van der Waals surface area (Å²) in [6.45, 7) is -0.491. The lowest BCUT2D eigenvalue weighted by Crippen LogP contribution is -2.45. The highest BCUT2D eigenvalue weighted by Crippen LogP contribution is 2.22. The van der Waals surface area contributed by atoms with Crippen molar-refractivity contribution < 1.29 is 22.8 Å². The zero-order valence-corrected chi connectivity index (χ0v) is 15.4. The van der Waals surface area contributed by atoms with Crippen molar-refractivity contribution in [1.82, 2.24) is 15.5 Å². The molecular weight excluding hydrogens is 387 g/mol. The first kappa shape index (κ1) is 20.6. The van der Waals surface area contributed by atoms with Gasteiger partial charge in [0.25, 0.3) is 5.91 Å². The number of nitrogens with zero attached hydrogens (tertiary/aromatic N) is 3. The van der Waals surface area contributed by atoms with E-state index in [-0.39, 0.29) is 12.2 Å². The number of rotatable bonds is 5. The second kappa shape index (κ2) is 8.89. The second-order valence-electron chi connectivity index (χ2n) is 6.72. The number of alkyl halides is 3. The highest BCUT2D eigenvalue weighted by Gasteiger charge is 2.31. The van der Waals surface area contributed by atoms with E-state index in [0.717, 1.165) is 0 Å². The van der Waals surface area contributed by atoms with Crippen LogP contribution in [0, 0.1) is 5.92 Å². The van der Waals surface area contributed by atoms with Crippen LogP contribution in [-0.2, 0) is 4.79 Å². The molecule has 2 amide bonds. The van der Waals surface area contributed by atoms with Crippen molar-refractivity contribution in [3.63, 3.8) is 0 Å². The molecule has 0 bridgehead atoms. The number of halogens is 3. The van der Waals surface area contributed by atoms with Gasteiger partial charge in [-0.05, 0) is 37.1 Å². The van der Waals surface area contributed by atoms with Crippen molar-refractivity contribution in [2.45, 2.75) is 19.0 Å². The van der Waals surface area contributed by atoms with Crippen molar-refractivity contribution >= 4 is 23.3 Å². The van der Waals surface area contributed by atoms with E-state index >= 15 is 0 Å². The van der Waals surface area contributed by atoms with E-state index in [1.807, 2.05) is 11.4 Å². The Morgan fingerprint density at radius 3 is 2.52 bits per heavy atom. The van der Waals surface area contributed by atoms with Gasteiger partial charge in [-0.3, -0.25) is 9.59 Å². The lowest BCUT2D eigenvalue weighted by molar-refractivity contribution is -0.140. The third-order valence-corrected chi connectivity index (χ3v) is 4.49. The standard InChI is InChI=1S/C19H20F3N5O2/c20-19(21,22)12-23-17(28)13-5-4-10-27(11-13)16-9-8-15(25-26-16)18(29)24-14-6-2-1-3-7-14/h1-3,6-9,13H,4-5,10-12H2,(H,23,28)(H,24,29). The summed E-state index contributed by atoms with van der Waals surface area (Å²) in [5.74, 6) is -1.12.